The van der Waals surface area contributed by atoms with E-state index in [-0.39, 0.29) is 0 Å². The van der Waals surface area contributed by atoms with Crippen LogP contribution >= 0.6 is 0 Å². The van der Waals surface area contributed by atoms with Gasteiger partial charge in [0.05, 0.1) is 12.7 Å². The van der Waals surface area contributed by atoms with Gasteiger partial charge in [-0.15, -0.1) is 0 Å². The van der Waals surface area contributed by atoms with E-state index in [1.165, 1.54) is 0 Å². The maximum absolute atomic E-state index is 10.6. The van der Waals surface area contributed by atoms with Gasteiger partial charge in [-0.05, 0) is 26.2 Å². The number of epoxide rings is 1. The van der Waals surface area contributed by atoms with Gasteiger partial charge in [-0.2, -0.15) is 0 Å². The summed E-state index contributed by atoms with van der Waals surface area (Å²) in [5, 5.41) is 0. The van der Waals surface area contributed by atoms with Gasteiger partial charge in [0, 0.05) is 6.42 Å². The summed E-state index contributed by atoms with van der Waals surface area (Å²) in [4.78, 5) is 10.6. The first-order valence-corrected chi connectivity index (χ1v) is 4.57. The molecule has 0 amide bonds. The Morgan fingerprint density at radius 2 is 2.33 bits per heavy atom. The number of allylic oxidation sites excluding steroid dienone is 1. The third kappa shape index (κ3) is 5.08. The number of carbonyl (C=O) groups excluding carboxylic acids is 1. The molecule has 1 aliphatic heterocycles. The molecule has 1 fully saturated rings. The fraction of sp³-hybridized carbons (Fsp3) is 0.700. The standard InChI is InChI=1S/C10H16O2/c1-9(11)6-4-2-3-5-7-10-8-12-10/h5,7,10H,2-4,6,8H2,1H3/b7-5-/t10-/m0/s1. The van der Waals surface area contributed by atoms with Gasteiger partial charge in [-0.3, -0.25) is 0 Å². The third-order valence-electron chi connectivity index (χ3n) is 1.86. The quantitative estimate of drug-likeness (QED) is 0.345. The van der Waals surface area contributed by atoms with E-state index < -0.39 is 0 Å². The molecule has 0 aliphatic carbocycles. The van der Waals surface area contributed by atoms with Crippen LogP contribution in [0, 0.1) is 0 Å². The Morgan fingerprint density at radius 1 is 1.58 bits per heavy atom. The minimum absolute atomic E-state index is 0.296. The lowest BCUT2D eigenvalue weighted by Crippen LogP contribution is -1.88. The molecule has 0 aromatic carbocycles. The van der Waals surface area contributed by atoms with E-state index in [0.29, 0.717) is 11.9 Å². The molecule has 0 aromatic rings. The predicted molar refractivity (Wildman–Crippen MR) is 48.0 cm³/mol. The van der Waals surface area contributed by atoms with Crippen molar-refractivity contribution in [2.24, 2.45) is 0 Å². The van der Waals surface area contributed by atoms with E-state index in [0.717, 1.165) is 32.3 Å². The molecule has 0 spiro atoms. The summed E-state index contributed by atoms with van der Waals surface area (Å²) in [6.45, 7) is 2.54. The number of unbranched alkanes of at least 4 members (excludes halogenated alkanes) is 2. The molecule has 0 bridgehead atoms. The van der Waals surface area contributed by atoms with Crippen LogP contribution in [0.3, 0.4) is 0 Å². The fourth-order valence-electron chi connectivity index (χ4n) is 1.05. The zero-order valence-corrected chi connectivity index (χ0v) is 7.58. The van der Waals surface area contributed by atoms with E-state index in [4.69, 9.17) is 4.74 Å². The number of carbonyl (C=O) groups is 1. The Labute approximate surface area is 73.6 Å². The second-order valence-electron chi connectivity index (χ2n) is 3.25. The van der Waals surface area contributed by atoms with Crippen LogP contribution in [0.25, 0.3) is 0 Å². The first-order valence-electron chi connectivity index (χ1n) is 4.57. The molecule has 0 radical (unpaired) electrons. The highest BCUT2D eigenvalue weighted by Crippen LogP contribution is 2.11. The van der Waals surface area contributed by atoms with Crippen LogP contribution in [0.15, 0.2) is 12.2 Å². The highest BCUT2D eigenvalue weighted by molar-refractivity contribution is 5.75. The van der Waals surface area contributed by atoms with Crippen molar-refractivity contribution in [2.75, 3.05) is 6.61 Å². The molecule has 1 atom stereocenters. The Balaban J connectivity index is 1.84. The van der Waals surface area contributed by atoms with Crippen LogP contribution in [-0.4, -0.2) is 18.5 Å². The zero-order chi connectivity index (χ0) is 8.81. The average molecular weight is 168 g/mol. The lowest BCUT2D eigenvalue weighted by atomic mass is 10.1. The van der Waals surface area contributed by atoms with Crippen molar-refractivity contribution in [1.82, 2.24) is 0 Å². The summed E-state index contributed by atoms with van der Waals surface area (Å²) in [6, 6.07) is 0. The molecular weight excluding hydrogens is 152 g/mol. The van der Waals surface area contributed by atoms with Crippen molar-refractivity contribution >= 4 is 5.78 Å². The van der Waals surface area contributed by atoms with Gasteiger partial charge in [0.2, 0.25) is 0 Å². The van der Waals surface area contributed by atoms with E-state index in [1.54, 1.807) is 6.92 Å². The highest BCUT2D eigenvalue weighted by atomic mass is 16.6. The molecule has 12 heavy (non-hydrogen) atoms. The van der Waals surface area contributed by atoms with Crippen LogP contribution in [0.4, 0.5) is 0 Å². The van der Waals surface area contributed by atoms with E-state index in [9.17, 15) is 4.79 Å². The van der Waals surface area contributed by atoms with Gasteiger partial charge in [0.1, 0.15) is 5.78 Å². The lowest BCUT2D eigenvalue weighted by molar-refractivity contribution is -0.117. The minimum Gasteiger partial charge on any atom is -0.369 e. The van der Waals surface area contributed by atoms with E-state index >= 15 is 0 Å². The van der Waals surface area contributed by atoms with Gasteiger partial charge in [-0.1, -0.05) is 12.2 Å². The van der Waals surface area contributed by atoms with Crippen LogP contribution in [0.5, 0.6) is 0 Å². The van der Waals surface area contributed by atoms with Crippen LogP contribution in [-0.2, 0) is 9.53 Å². The van der Waals surface area contributed by atoms with Gasteiger partial charge in [-0.25, -0.2) is 0 Å². The van der Waals surface area contributed by atoms with Crippen molar-refractivity contribution in [3.63, 3.8) is 0 Å². The monoisotopic (exact) mass is 168 g/mol. The van der Waals surface area contributed by atoms with Gasteiger partial charge in [0.25, 0.3) is 0 Å². The average Bonchev–Trinajstić information content (AvgIpc) is 2.79. The van der Waals surface area contributed by atoms with Crippen molar-refractivity contribution in [3.05, 3.63) is 12.2 Å². The minimum atomic E-state index is 0.296. The lowest BCUT2D eigenvalue weighted by Gasteiger charge is -1.92. The fourth-order valence-corrected chi connectivity index (χ4v) is 1.05. The van der Waals surface area contributed by atoms with Gasteiger partial charge >= 0.3 is 0 Å². The Kier molecular flexibility index (Phi) is 4.01. The Hall–Kier alpha value is -0.630. The number of Topliss-reactive ketones (excluding diaryl/α,β-unsaturated/α-hetero) is 1. The summed E-state index contributed by atoms with van der Waals surface area (Å²) in [7, 11) is 0. The molecule has 1 saturated heterocycles. The molecule has 1 heterocycles. The Morgan fingerprint density at radius 3 is 2.92 bits per heavy atom. The topological polar surface area (TPSA) is 29.6 Å². The predicted octanol–water partition coefficient (Wildman–Crippen LogP) is 2.09. The number of hydrogen-bond donors (Lipinski definition) is 0. The first-order chi connectivity index (χ1) is 5.79. The maximum atomic E-state index is 10.6. The molecule has 1 aliphatic rings. The molecule has 1 rings (SSSR count). The summed E-state index contributed by atoms with van der Waals surface area (Å²) < 4.78 is 5.01. The number of ketones is 1. The van der Waals surface area contributed by atoms with Crippen LogP contribution in [0.1, 0.15) is 32.6 Å². The second kappa shape index (κ2) is 5.09. The SMILES string of the molecule is CC(=O)CCCC/C=C\[C@H]1CO1. The van der Waals surface area contributed by atoms with Crippen LogP contribution in [0.2, 0.25) is 0 Å². The zero-order valence-electron chi connectivity index (χ0n) is 7.58. The second-order valence-corrected chi connectivity index (χ2v) is 3.25. The molecular formula is C10H16O2. The first kappa shape index (κ1) is 9.46. The molecule has 0 aromatic heterocycles. The summed E-state index contributed by atoms with van der Waals surface area (Å²) in [6.07, 6.45) is 8.60. The summed E-state index contributed by atoms with van der Waals surface area (Å²) in [5.74, 6) is 0.296. The molecule has 2 heteroatoms. The third-order valence-corrected chi connectivity index (χ3v) is 1.86. The number of ether oxygens (including phenoxy) is 1. The summed E-state index contributed by atoms with van der Waals surface area (Å²) in [5.41, 5.74) is 0. The molecule has 0 N–H and O–H groups in total. The van der Waals surface area contributed by atoms with Crippen molar-refractivity contribution in [2.45, 2.75) is 38.7 Å². The smallest absolute Gasteiger partial charge is 0.129 e. The van der Waals surface area contributed by atoms with Crippen LogP contribution < -0.4 is 0 Å². The molecule has 68 valence electrons. The number of rotatable bonds is 6. The number of hydrogen-bond acceptors (Lipinski definition) is 2. The largest absolute Gasteiger partial charge is 0.369 e. The van der Waals surface area contributed by atoms with E-state index in [2.05, 4.69) is 12.2 Å². The summed E-state index contributed by atoms with van der Waals surface area (Å²) >= 11 is 0. The van der Waals surface area contributed by atoms with Gasteiger partial charge in [0.15, 0.2) is 0 Å². The van der Waals surface area contributed by atoms with Crippen molar-refractivity contribution in [3.8, 4) is 0 Å². The highest BCUT2D eigenvalue weighted by Gasteiger charge is 2.17. The molecule has 0 unspecified atom stereocenters. The molecule has 0 saturated carbocycles. The van der Waals surface area contributed by atoms with Crippen molar-refractivity contribution in [1.29, 1.82) is 0 Å². The van der Waals surface area contributed by atoms with Crippen molar-refractivity contribution < 1.29 is 9.53 Å². The maximum Gasteiger partial charge on any atom is 0.129 e. The normalized spacial score (nSPS) is 21.6. The Bertz CT molecular complexity index is 169. The van der Waals surface area contributed by atoms with E-state index in [1.807, 2.05) is 0 Å². The van der Waals surface area contributed by atoms with Gasteiger partial charge < -0.3 is 9.53 Å². The molecule has 2 nitrogen and oxygen atoms in total.